The first kappa shape index (κ1) is 14.9. The van der Waals surface area contributed by atoms with Gasteiger partial charge in [-0.2, -0.15) is 0 Å². The van der Waals surface area contributed by atoms with Crippen LogP contribution in [0, 0.1) is 0 Å². The maximum Gasteiger partial charge on any atom is 0.320 e. The molecule has 0 heterocycles. The summed E-state index contributed by atoms with van der Waals surface area (Å²) in [5, 5.41) is 17.5. The van der Waals surface area contributed by atoms with Gasteiger partial charge in [-0.05, 0) is 19.9 Å². The van der Waals surface area contributed by atoms with E-state index in [1.807, 2.05) is 0 Å². The second-order valence-corrected chi connectivity index (χ2v) is 3.90. The molecule has 0 aliphatic rings. The van der Waals surface area contributed by atoms with E-state index in [-0.39, 0.29) is 6.42 Å². The number of unbranched alkanes of at least 4 members (excludes halogenated alkanes) is 2. The fourth-order valence-electron chi connectivity index (χ4n) is 1.46. The highest BCUT2D eigenvalue weighted by Gasteiger charge is 2.20. The summed E-state index contributed by atoms with van der Waals surface area (Å²) in [5.74, 6) is -1.79. The normalized spacial score (nSPS) is 12.7. The van der Waals surface area contributed by atoms with E-state index in [0.29, 0.717) is 13.1 Å². The molecular formula is C11H21NO4. The molecule has 94 valence electrons. The molecule has 0 aromatic heterocycles. The van der Waals surface area contributed by atoms with Gasteiger partial charge in [-0.1, -0.05) is 19.8 Å². The number of carboxylic acids is 2. The van der Waals surface area contributed by atoms with E-state index in [2.05, 4.69) is 6.92 Å². The van der Waals surface area contributed by atoms with Gasteiger partial charge in [0, 0.05) is 6.54 Å². The van der Waals surface area contributed by atoms with Crippen LogP contribution in [-0.4, -0.2) is 46.2 Å². The van der Waals surface area contributed by atoms with Gasteiger partial charge in [0.25, 0.3) is 0 Å². The van der Waals surface area contributed by atoms with Crippen molar-refractivity contribution in [2.24, 2.45) is 0 Å². The molecular weight excluding hydrogens is 210 g/mol. The number of nitrogens with zero attached hydrogens (tertiary/aromatic N) is 1. The Hall–Kier alpha value is -1.10. The SMILES string of the molecule is CCCCCN(CCC(=O)O)C(C)C(=O)O. The highest BCUT2D eigenvalue weighted by atomic mass is 16.4. The van der Waals surface area contributed by atoms with Crippen LogP contribution < -0.4 is 0 Å². The Morgan fingerprint density at radius 1 is 1.19 bits per heavy atom. The standard InChI is InChI=1S/C11H21NO4/c1-3-4-5-7-12(8-6-10(13)14)9(2)11(15)16/h9H,3-8H2,1-2H3,(H,13,14)(H,15,16). The monoisotopic (exact) mass is 231 g/mol. The smallest absolute Gasteiger partial charge is 0.320 e. The van der Waals surface area contributed by atoms with Crippen molar-refractivity contribution in [1.82, 2.24) is 4.90 Å². The zero-order valence-corrected chi connectivity index (χ0v) is 9.98. The number of rotatable bonds is 9. The van der Waals surface area contributed by atoms with Gasteiger partial charge in [-0.15, -0.1) is 0 Å². The quantitative estimate of drug-likeness (QED) is 0.587. The minimum absolute atomic E-state index is 0.0102. The van der Waals surface area contributed by atoms with Crippen LogP contribution in [0.4, 0.5) is 0 Å². The molecule has 0 aliphatic heterocycles. The molecule has 0 rings (SSSR count). The predicted molar refractivity (Wildman–Crippen MR) is 60.4 cm³/mol. The van der Waals surface area contributed by atoms with Crippen LogP contribution >= 0.6 is 0 Å². The third kappa shape index (κ3) is 6.40. The molecule has 0 spiro atoms. The molecule has 0 bridgehead atoms. The third-order valence-electron chi connectivity index (χ3n) is 2.57. The Labute approximate surface area is 96.1 Å². The number of carboxylic acid groups (broad SMARTS) is 2. The highest BCUT2D eigenvalue weighted by Crippen LogP contribution is 2.05. The van der Waals surface area contributed by atoms with Crippen LogP contribution in [0.25, 0.3) is 0 Å². The van der Waals surface area contributed by atoms with Crippen molar-refractivity contribution in [2.75, 3.05) is 13.1 Å². The van der Waals surface area contributed by atoms with Gasteiger partial charge in [0.1, 0.15) is 6.04 Å². The summed E-state index contributed by atoms with van der Waals surface area (Å²) in [6.07, 6.45) is 3.00. The zero-order valence-electron chi connectivity index (χ0n) is 9.98. The van der Waals surface area contributed by atoms with Gasteiger partial charge in [0.05, 0.1) is 6.42 Å². The first-order chi connectivity index (χ1) is 7.49. The van der Waals surface area contributed by atoms with Crippen LogP contribution in [0.1, 0.15) is 39.5 Å². The van der Waals surface area contributed by atoms with Gasteiger partial charge in [0.15, 0.2) is 0 Å². The fourth-order valence-corrected chi connectivity index (χ4v) is 1.46. The molecule has 0 amide bonds. The van der Waals surface area contributed by atoms with Gasteiger partial charge in [0.2, 0.25) is 0 Å². The number of hydrogen-bond acceptors (Lipinski definition) is 3. The van der Waals surface area contributed by atoms with E-state index in [1.165, 1.54) is 0 Å². The molecule has 5 nitrogen and oxygen atoms in total. The lowest BCUT2D eigenvalue weighted by Gasteiger charge is -2.25. The fraction of sp³-hybridized carbons (Fsp3) is 0.818. The summed E-state index contributed by atoms with van der Waals surface area (Å²) in [7, 11) is 0. The Morgan fingerprint density at radius 3 is 2.25 bits per heavy atom. The molecule has 0 aromatic carbocycles. The van der Waals surface area contributed by atoms with E-state index >= 15 is 0 Å². The van der Waals surface area contributed by atoms with Gasteiger partial charge in [-0.3, -0.25) is 14.5 Å². The van der Waals surface area contributed by atoms with Crippen LogP contribution in [0.5, 0.6) is 0 Å². The number of carbonyl (C=O) groups is 2. The second kappa shape index (κ2) is 8.10. The second-order valence-electron chi connectivity index (χ2n) is 3.90. The molecule has 0 fully saturated rings. The minimum Gasteiger partial charge on any atom is -0.481 e. The molecule has 0 aliphatic carbocycles. The lowest BCUT2D eigenvalue weighted by molar-refractivity contribution is -0.144. The summed E-state index contributed by atoms with van der Waals surface area (Å²) in [6, 6.07) is -0.615. The average molecular weight is 231 g/mol. The summed E-state index contributed by atoms with van der Waals surface area (Å²) >= 11 is 0. The molecule has 0 radical (unpaired) electrons. The summed E-state index contributed by atoms with van der Waals surface area (Å²) in [5.41, 5.74) is 0. The molecule has 0 aromatic rings. The van der Waals surface area contributed by atoms with Gasteiger partial charge >= 0.3 is 11.9 Å². The van der Waals surface area contributed by atoms with E-state index in [4.69, 9.17) is 10.2 Å². The molecule has 1 atom stereocenters. The lowest BCUT2D eigenvalue weighted by atomic mass is 10.2. The maximum atomic E-state index is 10.8. The lowest BCUT2D eigenvalue weighted by Crippen LogP contribution is -2.40. The summed E-state index contributed by atoms with van der Waals surface area (Å²) in [4.78, 5) is 23.0. The Balaban J connectivity index is 4.14. The largest absolute Gasteiger partial charge is 0.481 e. The Morgan fingerprint density at radius 2 is 1.81 bits per heavy atom. The molecule has 0 saturated carbocycles. The Kier molecular flexibility index (Phi) is 7.54. The van der Waals surface area contributed by atoms with Crippen molar-refractivity contribution in [2.45, 2.75) is 45.6 Å². The molecule has 5 heteroatoms. The molecule has 0 saturated heterocycles. The third-order valence-corrected chi connectivity index (χ3v) is 2.57. The first-order valence-electron chi connectivity index (χ1n) is 5.67. The van der Waals surface area contributed by atoms with Crippen molar-refractivity contribution in [3.8, 4) is 0 Å². The Bertz CT molecular complexity index is 230. The van der Waals surface area contributed by atoms with Crippen LogP contribution in [-0.2, 0) is 9.59 Å². The molecule has 1 unspecified atom stereocenters. The topological polar surface area (TPSA) is 77.8 Å². The summed E-state index contributed by atoms with van der Waals surface area (Å²) in [6.45, 7) is 4.61. The van der Waals surface area contributed by atoms with E-state index in [0.717, 1.165) is 19.3 Å². The molecule has 16 heavy (non-hydrogen) atoms. The number of hydrogen-bond donors (Lipinski definition) is 2. The predicted octanol–water partition coefficient (Wildman–Crippen LogP) is 1.43. The van der Waals surface area contributed by atoms with Gasteiger partial charge < -0.3 is 10.2 Å². The average Bonchev–Trinajstić information content (AvgIpc) is 2.21. The van der Waals surface area contributed by atoms with Crippen molar-refractivity contribution >= 4 is 11.9 Å². The van der Waals surface area contributed by atoms with E-state index in [9.17, 15) is 9.59 Å². The van der Waals surface area contributed by atoms with E-state index in [1.54, 1.807) is 11.8 Å². The summed E-state index contributed by atoms with van der Waals surface area (Å²) < 4.78 is 0. The first-order valence-corrected chi connectivity index (χ1v) is 5.67. The van der Waals surface area contributed by atoms with Crippen LogP contribution in [0.15, 0.2) is 0 Å². The minimum atomic E-state index is -0.901. The van der Waals surface area contributed by atoms with Crippen molar-refractivity contribution in [3.05, 3.63) is 0 Å². The van der Waals surface area contributed by atoms with Crippen LogP contribution in [0.2, 0.25) is 0 Å². The maximum absolute atomic E-state index is 10.8. The van der Waals surface area contributed by atoms with Crippen molar-refractivity contribution in [1.29, 1.82) is 0 Å². The molecule has 2 N–H and O–H groups in total. The highest BCUT2D eigenvalue weighted by molar-refractivity contribution is 5.73. The van der Waals surface area contributed by atoms with E-state index < -0.39 is 18.0 Å². The zero-order chi connectivity index (χ0) is 12.6. The number of aliphatic carboxylic acids is 2. The van der Waals surface area contributed by atoms with Crippen molar-refractivity contribution in [3.63, 3.8) is 0 Å². The van der Waals surface area contributed by atoms with Gasteiger partial charge in [-0.25, -0.2) is 0 Å². The van der Waals surface area contributed by atoms with Crippen LogP contribution in [0.3, 0.4) is 0 Å². The van der Waals surface area contributed by atoms with Crippen molar-refractivity contribution < 1.29 is 19.8 Å².